The van der Waals surface area contributed by atoms with E-state index in [0.29, 0.717) is 27.9 Å². The maximum atomic E-state index is 12.7. The molecule has 5 aromatic rings. The number of aromatic carboxylic acids is 2. The third-order valence-electron chi connectivity index (χ3n) is 5.87. The molecule has 3 aromatic carbocycles. The lowest BCUT2D eigenvalue weighted by Gasteiger charge is -2.10. The van der Waals surface area contributed by atoms with Crippen LogP contribution in [0.2, 0.25) is 0 Å². The maximum Gasteiger partial charge on any atom is 0.353 e. The number of hydrogen-bond donors (Lipinski definition) is 2. The van der Waals surface area contributed by atoms with E-state index in [1.54, 1.807) is 41.0 Å². The van der Waals surface area contributed by atoms with E-state index in [4.69, 9.17) is 9.47 Å². The van der Waals surface area contributed by atoms with Crippen LogP contribution in [-0.4, -0.2) is 49.7 Å². The normalized spacial score (nSPS) is 11.1. The molecular weight excluding hydrogens is 470 g/mol. The van der Waals surface area contributed by atoms with E-state index in [0.717, 1.165) is 22.8 Å². The maximum absolute atomic E-state index is 12.7. The molecule has 9 nitrogen and oxygen atoms in total. The zero-order valence-electron chi connectivity index (χ0n) is 18.7. The number of carboxylic acid groups (broad SMARTS) is 2. The predicted molar refractivity (Wildman–Crippen MR) is 131 cm³/mol. The minimum Gasteiger partial charge on any atom is -0.497 e. The van der Waals surface area contributed by atoms with Crippen molar-refractivity contribution in [2.75, 3.05) is 14.2 Å². The molecule has 0 aliphatic heterocycles. The Morgan fingerprint density at radius 3 is 2.31 bits per heavy atom. The van der Waals surface area contributed by atoms with Crippen molar-refractivity contribution in [3.05, 3.63) is 71.4 Å². The highest BCUT2D eigenvalue weighted by Crippen LogP contribution is 2.41. The van der Waals surface area contributed by atoms with Crippen molar-refractivity contribution < 1.29 is 29.3 Å². The molecule has 2 aromatic heterocycles. The molecule has 2 heterocycles. The molecule has 10 heteroatoms. The summed E-state index contributed by atoms with van der Waals surface area (Å²) in [7, 11) is 2.92. The van der Waals surface area contributed by atoms with Crippen LogP contribution >= 0.6 is 11.7 Å². The fourth-order valence-electron chi connectivity index (χ4n) is 4.34. The summed E-state index contributed by atoms with van der Waals surface area (Å²) in [5.41, 5.74) is 3.44. The zero-order valence-corrected chi connectivity index (χ0v) is 19.5. The first-order valence-corrected chi connectivity index (χ1v) is 11.2. The van der Waals surface area contributed by atoms with Crippen LogP contribution in [0.4, 0.5) is 0 Å². The Balaban J connectivity index is 1.85. The van der Waals surface area contributed by atoms with E-state index in [2.05, 4.69) is 8.75 Å². The third kappa shape index (κ3) is 3.73. The second-order valence-corrected chi connectivity index (χ2v) is 8.30. The molecule has 0 aliphatic carbocycles. The van der Waals surface area contributed by atoms with Crippen LogP contribution in [-0.2, 0) is 6.54 Å². The third-order valence-corrected chi connectivity index (χ3v) is 6.42. The fraction of sp³-hybridized carbons (Fsp3) is 0.120. The smallest absolute Gasteiger partial charge is 0.353 e. The van der Waals surface area contributed by atoms with Crippen LogP contribution in [0.5, 0.6) is 11.5 Å². The monoisotopic (exact) mass is 489 g/mol. The first kappa shape index (κ1) is 22.4. The number of aromatic nitrogens is 3. The van der Waals surface area contributed by atoms with Gasteiger partial charge in [0.25, 0.3) is 0 Å². The van der Waals surface area contributed by atoms with Crippen molar-refractivity contribution in [3.8, 4) is 22.6 Å². The number of rotatable bonds is 7. The van der Waals surface area contributed by atoms with Gasteiger partial charge < -0.3 is 24.3 Å². The molecule has 2 N–H and O–H groups in total. The van der Waals surface area contributed by atoms with E-state index in [9.17, 15) is 19.8 Å². The summed E-state index contributed by atoms with van der Waals surface area (Å²) >= 11 is 1.10. The van der Waals surface area contributed by atoms with Gasteiger partial charge in [-0.25, -0.2) is 9.59 Å². The molecule has 0 bridgehead atoms. The highest BCUT2D eigenvalue weighted by molar-refractivity contribution is 7.00. The van der Waals surface area contributed by atoms with Crippen molar-refractivity contribution in [3.63, 3.8) is 0 Å². The lowest BCUT2D eigenvalue weighted by atomic mass is 9.97. The Morgan fingerprint density at radius 1 is 0.914 bits per heavy atom. The molecule has 5 rings (SSSR count). The molecule has 0 spiro atoms. The Bertz CT molecular complexity index is 1600. The van der Waals surface area contributed by atoms with Gasteiger partial charge in [0.05, 0.1) is 31.5 Å². The van der Waals surface area contributed by atoms with Crippen molar-refractivity contribution in [1.29, 1.82) is 0 Å². The van der Waals surface area contributed by atoms with Gasteiger partial charge in [-0.15, -0.1) is 0 Å². The standard InChI is InChI=1S/C25H19N3O6S/c1-33-15-6-4-14(5-7-15)20-21-18(9-10-19(34-2)22(21)24(29)30)28(23(20)25(31)32)12-13-3-8-16-17(11-13)27-35-26-16/h3-11H,12H2,1-2H3,(H,29,30)(H,31,32). The second-order valence-electron chi connectivity index (χ2n) is 7.77. The number of carboxylic acids is 2. The molecule has 0 aliphatic rings. The first-order valence-electron chi connectivity index (χ1n) is 10.5. The van der Waals surface area contributed by atoms with Crippen molar-refractivity contribution in [1.82, 2.24) is 13.3 Å². The minimum absolute atomic E-state index is 0.0302. The van der Waals surface area contributed by atoms with Crippen LogP contribution < -0.4 is 9.47 Å². The highest BCUT2D eigenvalue weighted by Gasteiger charge is 2.29. The minimum atomic E-state index is -1.22. The number of fused-ring (bicyclic) bond motifs is 2. The number of hydrogen-bond acceptors (Lipinski definition) is 7. The van der Waals surface area contributed by atoms with E-state index in [1.807, 2.05) is 18.2 Å². The Kier molecular flexibility index (Phi) is 5.58. The SMILES string of the molecule is COc1ccc(-c2c(C(=O)O)n(Cc3ccc4nsnc4c3)c3ccc(OC)c(C(=O)O)c23)cc1. The van der Waals surface area contributed by atoms with Gasteiger partial charge in [-0.05, 0) is 47.5 Å². The van der Waals surface area contributed by atoms with E-state index < -0.39 is 11.9 Å². The summed E-state index contributed by atoms with van der Waals surface area (Å²) in [5.74, 6) is -1.66. The quantitative estimate of drug-likeness (QED) is 0.335. The number of carbonyl (C=O) groups is 2. The molecular formula is C25H19N3O6S. The lowest BCUT2D eigenvalue weighted by Crippen LogP contribution is -2.10. The molecule has 0 amide bonds. The lowest BCUT2D eigenvalue weighted by molar-refractivity contribution is 0.0678. The Morgan fingerprint density at radius 2 is 1.66 bits per heavy atom. The summed E-state index contributed by atoms with van der Waals surface area (Å²) in [6, 6.07) is 15.6. The number of methoxy groups -OCH3 is 2. The Labute approximate surface area is 203 Å². The van der Waals surface area contributed by atoms with E-state index in [1.165, 1.54) is 14.2 Å². The molecule has 176 valence electrons. The van der Waals surface area contributed by atoms with Crippen molar-refractivity contribution >= 4 is 45.6 Å². The molecule has 0 atom stereocenters. The van der Waals surface area contributed by atoms with Crippen LogP contribution in [0, 0.1) is 0 Å². The van der Waals surface area contributed by atoms with Crippen LogP contribution in [0.15, 0.2) is 54.6 Å². The van der Waals surface area contributed by atoms with Gasteiger partial charge in [-0.1, -0.05) is 18.2 Å². The molecule has 0 radical (unpaired) electrons. The predicted octanol–water partition coefficient (Wildman–Crippen LogP) is 4.77. The topological polar surface area (TPSA) is 124 Å². The van der Waals surface area contributed by atoms with E-state index >= 15 is 0 Å². The average Bonchev–Trinajstić information content (AvgIpc) is 3.45. The van der Waals surface area contributed by atoms with E-state index in [-0.39, 0.29) is 28.9 Å². The number of nitrogens with zero attached hydrogens (tertiary/aromatic N) is 3. The molecule has 35 heavy (non-hydrogen) atoms. The average molecular weight is 490 g/mol. The fourth-order valence-corrected chi connectivity index (χ4v) is 4.86. The summed E-state index contributed by atoms with van der Waals surface area (Å²) < 4.78 is 20.7. The van der Waals surface area contributed by atoms with Gasteiger partial charge in [-0.2, -0.15) is 8.75 Å². The van der Waals surface area contributed by atoms with Gasteiger partial charge in [0.1, 0.15) is 33.8 Å². The van der Waals surface area contributed by atoms with Gasteiger partial charge in [-0.3, -0.25) is 0 Å². The first-order chi connectivity index (χ1) is 16.9. The van der Waals surface area contributed by atoms with Crippen LogP contribution in [0.3, 0.4) is 0 Å². The molecule has 0 fully saturated rings. The number of benzene rings is 3. The van der Waals surface area contributed by atoms with Crippen molar-refractivity contribution in [2.24, 2.45) is 0 Å². The Hall–Kier alpha value is -4.44. The van der Waals surface area contributed by atoms with Gasteiger partial charge in [0.15, 0.2) is 0 Å². The summed E-state index contributed by atoms with van der Waals surface area (Å²) in [5, 5.41) is 20.7. The summed E-state index contributed by atoms with van der Waals surface area (Å²) in [6.07, 6.45) is 0. The molecule has 0 saturated heterocycles. The van der Waals surface area contributed by atoms with Gasteiger partial charge in [0.2, 0.25) is 0 Å². The zero-order chi connectivity index (χ0) is 24.7. The largest absolute Gasteiger partial charge is 0.497 e. The molecule has 0 unspecified atom stereocenters. The summed E-state index contributed by atoms with van der Waals surface area (Å²) in [4.78, 5) is 25.0. The van der Waals surface area contributed by atoms with Gasteiger partial charge >= 0.3 is 11.9 Å². The second kappa shape index (κ2) is 8.73. The highest BCUT2D eigenvalue weighted by atomic mass is 32.1. The van der Waals surface area contributed by atoms with Crippen LogP contribution in [0.25, 0.3) is 33.1 Å². The van der Waals surface area contributed by atoms with Gasteiger partial charge in [0, 0.05) is 17.5 Å². The summed E-state index contributed by atoms with van der Waals surface area (Å²) in [6.45, 7) is 0.188. The van der Waals surface area contributed by atoms with Crippen LogP contribution in [0.1, 0.15) is 26.4 Å². The molecule has 0 saturated carbocycles. The van der Waals surface area contributed by atoms with Crippen molar-refractivity contribution in [2.45, 2.75) is 6.54 Å². The number of ether oxygens (including phenoxy) is 2.